The van der Waals surface area contributed by atoms with Crippen LogP contribution < -0.4 is 4.74 Å². The summed E-state index contributed by atoms with van der Waals surface area (Å²) >= 11 is 0. The number of aldehydes is 1. The van der Waals surface area contributed by atoms with Crippen molar-refractivity contribution in [2.45, 2.75) is 13.8 Å². The predicted octanol–water partition coefficient (Wildman–Crippen LogP) is 3.94. The molecule has 0 fully saturated rings. The Morgan fingerprint density at radius 1 is 1.20 bits per heavy atom. The monoisotopic (exact) mass is 272 g/mol. The average Bonchev–Trinajstić information content (AvgIpc) is 2.40. The van der Waals surface area contributed by atoms with Crippen LogP contribution in [0.5, 0.6) is 11.5 Å². The molecular weight excluding hydrogens is 259 g/mol. The van der Waals surface area contributed by atoms with Crippen LogP contribution in [0.15, 0.2) is 36.4 Å². The Labute approximate surface area is 116 Å². The largest absolute Gasteiger partial charge is 0.454 e. The van der Waals surface area contributed by atoms with Gasteiger partial charge in [0, 0.05) is 5.56 Å². The summed E-state index contributed by atoms with van der Waals surface area (Å²) in [5, 5.41) is 0. The van der Waals surface area contributed by atoms with Gasteiger partial charge < -0.3 is 4.74 Å². The molecule has 102 valence electrons. The smallest absolute Gasteiger partial charge is 0.166 e. The highest BCUT2D eigenvalue weighted by Gasteiger charge is 2.14. The van der Waals surface area contributed by atoms with Crippen LogP contribution in [0.3, 0.4) is 0 Å². The Hall–Kier alpha value is -2.49. The molecule has 0 aliphatic heterocycles. The highest BCUT2D eigenvalue weighted by atomic mass is 19.1. The number of carbonyl (C=O) groups is 2. The molecule has 0 aromatic heterocycles. The van der Waals surface area contributed by atoms with Crippen molar-refractivity contribution in [1.29, 1.82) is 0 Å². The third kappa shape index (κ3) is 2.74. The SMILES string of the molecule is CC(=O)c1c(C)cccc1Oc1ccc(C=O)cc1F. The summed E-state index contributed by atoms with van der Waals surface area (Å²) in [6.45, 7) is 3.22. The van der Waals surface area contributed by atoms with E-state index in [0.29, 0.717) is 17.6 Å². The maximum atomic E-state index is 13.8. The van der Waals surface area contributed by atoms with E-state index in [2.05, 4.69) is 0 Å². The zero-order valence-corrected chi connectivity index (χ0v) is 11.1. The molecule has 20 heavy (non-hydrogen) atoms. The molecule has 4 heteroatoms. The van der Waals surface area contributed by atoms with Crippen LogP contribution in [0.2, 0.25) is 0 Å². The molecule has 0 heterocycles. The molecule has 0 aliphatic rings. The van der Waals surface area contributed by atoms with E-state index in [0.717, 1.165) is 11.6 Å². The Bertz CT molecular complexity index is 677. The summed E-state index contributed by atoms with van der Waals surface area (Å²) in [4.78, 5) is 22.2. The van der Waals surface area contributed by atoms with Crippen molar-refractivity contribution in [3.63, 3.8) is 0 Å². The number of carbonyl (C=O) groups excluding carboxylic acids is 2. The summed E-state index contributed by atoms with van der Waals surface area (Å²) in [6, 6.07) is 9.03. The quantitative estimate of drug-likeness (QED) is 0.625. The van der Waals surface area contributed by atoms with Crippen LogP contribution in [0.25, 0.3) is 0 Å². The number of ether oxygens (including phenoxy) is 1. The number of hydrogen-bond acceptors (Lipinski definition) is 3. The van der Waals surface area contributed by atoms with Gasteiger partial charge in [-0.15, -0.1) is 0 Å². The second kappa shape index (κ2) is 5.65. The highest BCUT2D eigenvalue weighted by Crippen LogP contribution is 2.29. The van der Waals surface area contributed by atoms with Gasteiger partial charge in [0.25, 0.3) is 0 Å². The number of hydrogen-bond donors (Lipinski definition) is 0. The first-order valence-electron chi connectivity index (χ1n) is 6.06. The molecule has 0 saturated heterocycles. The van der Waals surface area contributed by atoms with E-state index >= 15 is 0 Å². The van der Waals surface area contributed by atoms with Crippen molar-refractivity contribution in [2.24, 2.45) is 0 Å². The van der Waals surface area contributed by atoms with Crippen molar-refractivity contribution in [1.82, 2.24) is 0 Å². The summed E-state index contributed by atoms with van der Waals surface area (Å²) in [5.41, 5.74) is 1.41. The molecule has 2 aromatic carbocycles. The van der Waals surface area contributed by atoms with E-state index in [1.807, 2.05) is 0 Å². The third-order valence-electron chi connectivity index (χ3n) is 2.90. The average molecular weight is 272 g/mol. The first-order valence-corrected chi connectivity index (χ1v) is 6.06. The van der Waals surface area contributed by atoms with Gasteiger partial charge in [-0.1, -0.05) is 12.1 Å². The molecule has 3 nitrogen and oxygen atoms in total. The highest BCUT2D eigenvalue weighted by molar-refractivity contribution is 5.98. The number of rotatable bonds is 4. The topological polar surface area (TPSA) is 43.4 Å². The van der Waals surface area contributed by atoms with E-state index in [1.54, 1.807) is 25.1 Å². The van der Waals surface area contributed by atoms with E-state index < -0.39 is 5.82 Å². The molecule has 0 spiro atoms. The Balaban J connectivity index is 2.42. The fourth-order valence-electron chi connectivity index (χ4n) is 1.97. The lowest BCUT2D eigenvalue weighted by Crippen LogP contribution is -2.01. The number of benzene rings is 2. The summed E-state index contributed by atoms with van der Waals surface area (Å²) < 4.78 is 19.3. The summed E-state index contributed by atoms with van der Waals surface area (Å²) in [7, 11) is 0. The van der Waals surface area contributed by atoms with E-state index in [-0.39, 0.29) is 17.1 Å². The zero-order valence-electron chi connectivity index (χ0n) is 11.1. The summed E-state index contributed by atoms with van der Waals surface area (Å²) in [5.74, 6) is -0.521. The zero-order chi connectivity index (χ0) is 14.7. The van der Waals surface area contributed by atoms with Crippen molar-refractivity contribution in [2.75, 3.05) is 0 Å². The maximum Gasteiger partial charge on any atom is 0.166 e. The van der Waals surface area contributed by atoms with Crippen molar-refractivity contribution >= 4 is 12.1 Å². The standard InChI is InChI=1S/C16H13FO3/c1-10-4-3-5-15(16(10)11(2)19)20-14-7-6-12(9-18)8-13(14)17/h3-9H,1-2H3. The lowest BCUT2D eigenvalue weighted by molar-refractivity contribution is 0.101. The Morgan fingerprint density at radius 3 is 2.55 bits per heavy atom. The molecular formula is C16H13FO3. The third-order valence-corrected chi connectivity index (χ3v) is 2.90. The van der Waals surface area contributed by atoms with Crippen LogP contribution in [0, 0.1) is 12.7 Å². The van der Waals surface area contributed by atoms with Gasteiger partial charge in [-0.05, 0) is 43.7 Å². The minimum absolute atomic E-state index is 0.0244. The molecule has 0 N–H and O–H groups in total. The minimum atomic E-state index is -0.648. The van der Waals surface area contributed by atoms with Gasteiger partial charge >= 0.3 is 0 Å². The van der Waals surface area contributed by atoms with Gasteiger partial charge in [-0.3, -0.25) is 9.59 Å². The fourth-order valence-corrected chi connectivity index (χ4v) is 1.97. The van der Waals surface area contributed by atoms with Gasteiger partial charge in [0.05, 0.1) is 5.56 Å². The maximum absolute atomic E-state index is 13.8. The number of aryl methyl sites for hydroxylation is 1. The molecule has 0 aliphatic carbocycles. The molecule has 0 amide bonds. The van der Waals surface area contributed by atoms with E-state index in [4.69, 9.17) is 4.74 Å². The van der Waals surface area contributed by atoms with Gasteiger partial charge in [-0.2, -0.15) is 0 Å². The second-order valence-electron chi connectivity index (χ2n) is 4.41. The summed E-state index contributed by atoms with van der Waals surface area (Å²) in [6.07, 6.45) is 0.556. The Morgan fingerprint density at radius 2 is 1.95 bits per heavy atom. The number of halogens is 1. The number of Topliss-reactive ketones (excluding diaryl/α,β-unsaturated/α-hetero) is 1. The van der Waals surface area contributed by atoms with Gasteiger partial charge in [0.2, 0.25) is 0 Å². The first-order chi connectivity index (χ1) is 9.52. The van der Waals surface area contributed by atoms with Crippen LogP contribution in [0.4, 0.5) is 4.39 Å². The Kier molecular flexibility index (Phi) is 3.94. The fraction of sp³-hybridized carbons (Fsp3) is 0.125. The molecule has 2 aromatic rings. The predicted molar refractivity (Wildman–Crippen MR) is 73.0 cm³/mol. The van der Waals surface area contributed by atoms with Gasteiger partial charge in [0.15, 0.2) is 17.3 Å². The van der Waals surface area contributed by atoms with E-state index in [9.17, 15) is 14.0 Å². The molecule has 0 saturated carbocycles. The van der Waals surface area contributed by atoms with Crippen molar-refractivity contribution in [3.05, 3.63) is 58.9 Å². The molecule has 0 radical (unpaired) electrons. The van der Waals surface area contributed by atoms with Crippen LogP contribution in [0.1, 0.15) is 33.2 Å². The molecule has 2 rings (SSSR count). The van der Waals surface area contributed by atoms with Crippen LogP contribution in [-0.4, -0.2) is 12.1 Å². The minimum Gasteiger partial charge on any atom is -0.454 e. The number of ketones is 1. The van der Waals surface area contributed by atoms with Crippen molar-refractivity contribution in [3.8, 4) is 11.5 Å². The lowest BCUT2D eigenvalue weighted by Gasteiger charge is -2.12. The second-order valence-corrected chi connectivity index (χ2v) is 4.41. The molecule has 0 bridgehead atoms. The van der Waals surface area contributed by atoms with Crippen LogP contribution in [-0.2, 0) is 0 Å². The lowest BCUT2D eigenvalue weighted by atomic mass is 10.0. The van der Waals surface area contributed by atoms with E-state index in [1.165, 1.54) is 19.1 Å². The van der Waals surface area contributed by atoms with Gasteiger partial charge in [-0.25, -0.2) is 4.39 Å². The first kappa shape index (κ1) is 13.9. The molecule has 0 atom stereocenters. The van der Waals surface area contributed by atoms with Gasteiger partial charge in [0.1, 0.15) is 12.0 Å². The molecule has 0 unspecified atom stereocenters. The van der Waals surface area contributed by atoms with Crippen LogP contribution >= 0.6 is 0 Å². The normalized spacial score (nSPS) is 10.2. The van der Waals surface area contributed by atoms with Crippen molar-refractivity contribution < 1.29 is 18.7 Å².